The Kier molecular flexibility index (Phi) is 3.23. The normalized spacial score (nSPS) is 25.5. The molecular weight excluding hydrogens is 290 g/mol. The molecule has 0 aromatic heterocycles. The number of anilines is 1. The number of rotatable bonds is 1. The fourth-order valence-electron chi connectivity index (χ4n) is 4.31. The number of nitrogens with zero attached hydrogens (tertiary/aromatic N) is 1. The minimum atomic E-state index is -0.430. The number of phenols is 1. The van der Waals surface area contributed by atoms with E-state index in [1.807, 2.05) is 0 Å². The van der Waals surface area contributed by atoms with E-state index in [0.717, 1.165) is 37.1 Å². The minimum Gasteiger partial charge on any atom is -0.507 e. The molecule has 3 heterocycles. The van der Waals surface area contributed by atoms with Gasteiger partial charge in [-0.25, -0.2) is 0 Å². The van der Waals surface area contributed by atoms with Crippen molar-refractivity contribution in [2.75, 3.05) is 31.2 Å². The molecule has 23 heavy (non-hydrogen) atoms. The Bertz CT molecular complexity index is 643. The molecule has 1 N–H and O–H groups in total. The van der Waals surface area contributed by atoms with Crippen LogP contribution in [0, 0.1) is 0 Å². The standard InChI is InChI=1S/C19H27NO3/c1-18(2)5-7-20-8-6-19(3,4)14-15(20)13(18)11-12(16(14)21)17-22-9-10-23-17/h11,17,21H,5-10H2,1-4H3. The van der Waals surface area contributed by atoms with Crippen LogP contribution in [0.4, 0.5) is 5.69 Å². The monoisotopic (exact) mass is 317 g/mol. The Balaban J connectivity index is 2.00. The highest BCUT2D eigenvalue weighted by Crippen LogP contribution is 2.54. The van der Waals surface area contributed by atoms with Crippen LogP contribution in [0.25, 0.3) is 0 Å². The van der Waals surface area contributed by atoms with Crippen LogP contribution in [0.1, 0.15) is 63.5 Å². The third-order valence-electron chi connectivity index (χ3n) is 5.91. The Morgan fingerprint density at radius 1 is 1.04 bits per heavy atom. The summed E-state index contributed by atoms with van der Waals surface area (Å²) in [4.78, 5) is 2.46. The molecule has 3 aliphatic rings. The Hall–Kier alpha value is -1.26. The van der Waals surface area contributed by atoms with Crippen LogP contribution in [0.5, 0.6) is 5.75 Å². The van der Waals surface area contributed by atoms with Gasteiger partial charge < -0.3 is 19.5 Å². The molecule has 1 fully saturated rings. The van der Waals surface area contributed by atoms with Gasteiger partial charge in [0.1, 0.15) is 5.75 Å². The number of aromatic hydroxyl groups is 1. The van der Waals surface area contributed by atoms with Gasteiger partial charge in [0.25, 0.3) is 0 Å². The average molecular weight is 317 g/mol. The number of hydrogen-bond acceptors (Lipinski definition) is 4. The molecule has 0 spiro atoms. The number of hydrogen-bond donors (Lipinski definition) is 1. The lowest BCUT2D eigenvalue weighted by atomic mass is 9.68. The van der Waals surface area contributed by atoms with Gasteiger partial charge >= 0.3 is 0 Å². The number of ether oxygens (including phenoxy) is 2. The summed E-state index contributed by atoms with van der Waals surface area (Å²) in [6.45, 7) is 12.4. The molecule has 0 atom stereocenters. The summed E-state index contributed by atoms with van der Waals surface area (Å²) in [6, 6.07) is 2.14. The SMILES string of the molecule is CC1(C)CCN2CCC(C)(C)c3c(O)c(C4OCCO4)cc1c32. The van der Waals surface area contributed by atoms with Crippen molar-refractivity contribution >= 4 is 5.69 Å². The van der Waals surface area contributed by atoms with Crippen LogP contribution >= 0.6 is 0 Å². The van der Waals surface area contributed by atoms with E-state index in [2.05, 4.69) is 38.7 Å². The Labute approximate surface area is 138 Å². The zero-order valence-electron chi connectivity index (χ0n) is 14.6. The third-order valence-corrected chi connectivity index (χ3v) is 5.91. The molecule has 4 rings (SSSR count). The van der Waals surface area contributed by atoms with Gasteiger partial charge in [-0.15, -0.1) is 0 Å². The molecule has 1 aromatic carbocycles. The molecule has 0 bridgehead atoms. The van der Waals surface area contributed by atoms with Gasteiger partial charge in [0.05, 0.1) is 18.8 Å². The summed E-state index contributed by atoms with van der Waals surface area (Å²) in [5, 5.41) is 11.1. The van der Waals surface area contributed by atoms with Crippen molar-refractivity contribution in [3.05, 3.63) is 22.8 Å². The highest BCUT2D eigenvalue weighted by Gasteiger charge is 2.43. The lowest BCUT2D eigenvalue weighted by Gasteiger charge is -2.48. The summed E-state index contributed by atoms with van der Waals surface area (Å²) >= 11 is 0. The number of phenolic OH excluding ortho intramolecular Hbond substituents is 1. The molecule has 1 saturated heterocycles. The van der Waals surface area contributed by atoms with Crippen LogP contribution in [-0.4, -0.2) is 31.4 Å². The van der Waals surface area contributed by atoms with E-state index in [9.17, 15) is 5.11 Å². The Morgan fingerprint density at radius 3 is 2.30 bits per heavy atom. The minimum absolute atomic E-state index is 0.0350. The molecular formula is C19H27NO3. The van der Waals surface area contributed by atoms with E-state index < -0.39 is 6.29 Å². The summed E-state index contributed by atoms with van der Waals surface area (Å²) in [6.07, 6.45) is 1.76. The van der Waals surface area contributed by atoms with Gasteiger partial charge in [-0.1, -0.05) is 27.7 Å². The second kappa shape index (κ2) is 4.87. The highest BCUT2D eigenvalue weighted by molar-refractivity contribution is 5.73. The molecule has 126 valence electrons. The van der Waals surface area contributed by atoms with Gasteiger partial charge in [0.2, 0.25) is 0 Å². The van der Waals surface area contributed by atoms with E-state index >= 15 is 0 Å². The third kappa shape index (κ3) is 2.18. The van der Waals surface area contributed by atoms with Crippen molar-refractivity contribution in [3.63, 3.8) is 0 Å². The fraction of sp³-hybridized carbons (Fsp3) is 0.684. The van der Waals surface area contributed by atoms with E-state index in [0.29, 0.717) is 19.0 Å². The highest BCUT2D eigenvalue weighted by atomic mass is 16.7. The summed E-state index contributed by atoms with van der Waals surface area (Å²) < 4.78 is 11.4. The first-order chi connectivity index (χ1) is 10.8. The van der Waals surface area contributed by atoms with Gasteiger partial charge in [-0.3, -0.25) is 0 Å². The van der Waals surface area contributed by atoms with Crippen molar-refractivity contribution < 1.29 is 14.6 Å². The summed E-state index contributed by atoms with van der Waals surface area (Å²) in [5.41, 5.74) is 4.56. The van der Waals surface area contributed by atoms with Crippen molar-refractivity contribution in [1.29, 1.82) is 0 Å². The zero-order chi connectivity index (χ0) is 16.4. The van der Waals surface area contributed by atoms with E-state index in [1.165, 1.54) is 11.3 Å². The van der Waals surface area contributed by atoms with E-state index in [4.69, 9.17) is 9.47 Å². The second-order valence-corrected chi connectivity index (χ2v) is 8.41. The molecule has 1 aromatic rings. The van der Waals surface area contributed by atoms with Gasteiger partial charge in [0.15, 0.2) is 6.29 Å². The van der Waals surface area contributed by atoms with Crippen LogP contribution in [0.3, 0.4) is 0 Å². The molecule has 0 unspecified atom stereocenters. The van der Waals surface area contributed by atoms with Crippen LogP contribution in [0.15, 0.2) is 6.07 Å². The van der Waals surface area contributed by atoms with Crippen molar-refractivity contribution in [1.82, 2.24) is 0 Å². The van der Waals surface area contributed by atoms with Gasteiger partial charge in [-0.2, -0.15) is 0 Å². The first kappa shape index (κ1) is 15.3. The fourth-order valence-corrected chi connectivity index (χ4v) is 4.31. The molecule has 0 saturated carbocycles. The molecule has 3 aliphatic heterocycles. The van der Waals surface area contributed by atoms with Gasteiger partial charge in [0, 0.05) is 24.3 Å². The largest absolute Gasteiger partial charge is 0.507 e. The van der Waals surface area contributed by atoms with Crippen LogP contribution < -0.4 is 4.90 Å². The lowest BCUT2D eigenvalue weighted by molar-refractivity contribution is -0.0457. The van der Waals surface area contributed by atoms with Gasteiger partial charge in [-0.05, 0) is 35.3 Å². The molecule has 0 amide bonds. The molecule has 4 nitrogen and oxygen atoms in total. The predicted octanol–water partition coefficient (Wildman–Crippen LogP) is 3.61. The summed E-state index contributed by atoms with van der Waals surface area (Å²) in [7, 11) is 0. The van der Waals surface area contributed by atoms with Crippen LogP contribution in [-0.2, 0) is 20.3 Å². The van der Waals surface area contributed by atoms with Crippen molar-refractivity contribution in [2.24, 2.45) is 0 Å². The molecule has 0 radical (unpaired) electrons. The second-order valence-electron chi connectivity index (χ2n) is 8.41. The maximum Gasteiger partial charge on any atom is 0.187 e. The quantitative estimate of drug-likeness (QED) is 0.859. The zero-order valence-corrected chi connectivity index (χ0v) is 14.6. The first-order valence-corrected chi connectivity index (χ1v) is 8.70. The Morgan fingerprint density at radius 2 is 1.65 bits per heavy atom. The van der Waals surface area contributed by atoms with Crippen molar-refractivity contribution in [3.8, 4) is 5.75 Å². The molecule has 0 aliphatic carbocycles. The molecule has 4 heteroatoms. The maximum atomic E-state index is 11.1. The van der Waals surface area contributed by atoms with Crippen molar-refractivity contribution in [2.45, 2.75) is 57.7 Å². The lowest BCUT2D eigenvalue weighted by Crippen LogP contribution is -2.45. The van der Waals surface area contributed by atoms with Crippen LogP contribution in [0.2, 0.25) is 0 Å². The van der Waals surface area contributed by atoms with E-state index in [1.54, 1.807) is 0 Å². The smallest absolute Gasteiger partial charge is 0.187 e. The first-order valence-electron chi connectivity index (χ1n) is 8.70. The predicted molar refractivity (Wildman–Crippen MR) is 90.3 cm³/mol. The average Bonchev–Trinajstić information content (AvgIpc) is 2.99. The summed E-state index contributed by atoms with van der Waals surface area (Å²) in [5.74, 6) is 0.378. The number of benzene rings is 1. The topological polar surface area (TPSA) is 41.9 Å². The maximum absolute atomic E-state index is 11.1. The van der Waals surface area contributed by atoms with E-state index in [-0.39, 0.29) is 10.8 Å².